The Labute approximate surface area is 114 Å². The van der Waals surface area contributed by atoms with Crippen LogP contribution in [0.3, 0.4) is 0 Å². The quantitative estimate of drug-likeness (QED) is 0.858. The molecule has 19 heavy (non-hydrogen) atoms. The van der Waals surface area contributed by atoms with Crippen molar-refractivity contribution in [3.05, 3.63) is 34.7 Å². The van der Waals surface area contributed by atoms with Gasteiger partial charge in [0, 0.05) is 13.0 Å². The Morgan fingerprint density at radius 2 is 2.42 bits per heavy atom. The summed E-state index contributed by atoms with van der Waals surface area (Å²) in [6, 6.07) is 3.55. The van der Waals surface area contributed by atoms with E-state index in [0.29, 0.717) is 22.8 Å². The summed E-state index contributed by atoms with van der Waals surface area (Å²) in [7, 11) is 0. The number of hydrogen-bond acceptors (Lipinski definition) is 6. The standard InChI is InChI=1S/C12H15N3O3S/c1-8-10(19-15-14-8)11(16)13-7-12(2,17)6-9-4-3-5-18-9/h3-5,17H,6-7H2,1-2H3,(H,13,16)/t12-/m0/s1. The minimum atomic E-state index is -1.07. The van der Waals surface area contributed by atoms with E-state index in [2.05, 4.69) is 14.9 Å². The molecule has 2 aromatic heterocycles. The Bertz CT molecular complexity index is 548. The second kappa shape index (κ2) is 5.50. The van der Waals surface area contributed by atoms with E-state index in [1.165, 1.54) is 0 Å². The lowest BCUT2D eigenvalue weighted by molar-refractivity contribution is 0.0511. The van der Waals surface area contributed by atoms with E-state index < -0.39 is 5.60 Å². The van der Waals surface area contributed by atoms with E-state index >= 15 is 0 Å². The highest BCUT2D eigenvalue weighted by Crippen LogP contribution is 2.14. The maximum Gasteiger partial charge on any atom is 0.265 e. The zero-order valence-corrected chi connectivity index (χ0v) is 11.5. The predicted octanol–water partition coefficient (Wildman–Crippen LogP) is 1.16. The molecule has 0 aliphatic heterocycles. The largest absolute Gasteiger partial charge is 0.469 e. The summed E-state index contributed by atoms with van der Waals surface area (Å²) in [5.74, 6) is 0.405. The summed E-state index contributed by atoms with van der Waals surface area (Å²) in [6.07, 6.45) is 1.89. The van der Waals surface area contributed by atoms with E-state index in [1.54, 1.807) is 32.2 Å². The lowest BCUT2D eigenvalue weighted by atomic mass is 10.0. The van der Waals surface area contributed by atoms with Crippen LogP contribution < -0.4 is 5.32 Å². The van der Waals surface area contributed by atoms with E-state index in [9.17, 15) is 9.90 Å². The van der Waals surface area contributed by atoms with Crippen LogP contribution in [-0.4, -0.2) is 32.7 Å². The zero-order valence-electron chi connectivity index (χ0n) is 10.7. The third kappa shape index (κ3) is 3.62. The third-order valence-corrected chi connectivity index (χ3v) is 3.45. The Kier molecular flexibility index (Phi) is 3.96. The Morgan fingerprint density at radius 3 is 3.00 bits per heavy atom. The van der Waals surface area contributed by atoms with Crippen molar-refractivity contribution in [2.24, 2.45) is 0 Å². The highest BCUT2D eigenvalue weighted by Gasteiger charge is 2.24. The first kappa shape index (κ1) is 13.7. The molecule has 0 radical (unpaired) electrons. The highest BCUT2D eigenvalue weighted by molar-refractivity contribution is 7.07. The lowest BCUT2D eigenvalue weighted by Crippen LogP contribution is -2.42. The first-order valence-electron chi connectivity index (χ1n) is 5.80. The van der Waals surface area contributed by atoms with Crippen molar-refractivity contribution in [3.63, 3.8) is 0 Å². The Hall–Kier alpha value is -1.73. The van der Waals surface area contributed by atoms with Gasteiger partial charge in [-0.3, -0.25) is 4.79 Å². The monoisotopic (exact) mass is 281 g/mol. The molecular formula is C12H15N3O3S. The molecule has 0 unspecified atom stereocenters. The first-order valence-corrected chi connectivity index (χ1v) is 6.57. The molecule has 0 saturated heterocycles. The maximum absolute atomic E-state index is 11.9. The molecule has 2 aromatic rings. The van der Waals surface area contributed by atoms with Crippen molar-refractivity contribution in [2.45, 2.75) is 25.9 Å². The molecule has 6 nitrogen and oxygen atoms in total. The Morgan fingerprint density at radius 1 is 1.63 bits per heavy atom. The van der Waals surface area contributed by atoms with Gasteiger partial charge in [-0.25, -0.2) is 0 Å². The van der Waals surface area contributed by atoms with Crippen molar-refractivity contribution in [3.8, 4) is 0 Å². The molecule has 102 valence electrons. The minimum Gasteiger partial charge on any atom is -0.469 e. The van der Waals surface area contributed by atoms with Crippen LogP contribution in [0.4, 0.5) is 0 Å². The molecular weight excluding hydrogens is 266 g/mol. The smallest absolute Gasteiger partial charge is 0.265 e. The van der Waals surface area contributed by atoms with Crippen LogP contribution in [0.5, 0.6) is 0 Å². The van der Waals surface area contributed by atoms with Crippen molar-refractivity contribution >= 4 is 17.4 Å². The third-order valence-electron chi connectivity index (χ3n) is 2.62. The van der Waals surface area contributed by atoms with Crippen molar-refractivity contribution in [1.29, 1.82) is 0 Å². The van der Waals surface area contributed by atoms with Gasteiger partial charge in [-0.2, -0.15) is 0 Å². The number of nitrogens with zero attached hydrogens (tertiary/aromatic N) is 2. The summed E-state index contributed by atoms with van der Waals surface area (Å²) in [5.41, 5.74) is -0.479. The van der Waals surface area contributed by atoms with Gasteiger partial charge < -0.3 is 14.8 Å². The molecule has 0 saturated carbocycles. The average Bonchev–Trinajstić information content (AvgIpc) is 2.97. The molecule has 2 heterocycles. The number of carbonyl (C=O) groups excluding carboxylic acids is 1. The fourth-order valence-electron chi connectivity index (χ4n) is 1.64. The molecule has 0 aliphatic carbocycles. The number of amides is 1. The molecule has 0 aliphatic rings. The van der Waals surface area contributed by atoms with Crippen LogP contribution >= 0.6 is 11.5 Å². The lowest BCUT2D eigenvalue weighted by Gasteiger charge is -2.22. The van der Waals surface area contributed by atoms with E-state index in [4.69, 9.17) is 4.42 Å². The number of carbonyl (C=O) groups is 1. The number of hydrogen-bond donors (Lipinski definition) is 2. The van der Waals surface area contributed by atoms with Gasteiger partial charge in [0.1, 0.15) is 10.6 Å². The predicted molar refractivity (Wildman–Crippen MR) is 70.0 cm³/mol. The minimum absolute atomic E-state index is 0.129. The number of furan rings is 1. The van der Waals surface area contributed by atoms with Gasteiger partial charge in [0.2, 0.25) is 0 Å². The van der Waals surface area contributed by atoms with Crippen LogP contribution in [0.15, 0.2) is 22.8 Å². The fraction of sp³-hybridized carbons (Fsp3) is 0.417. The normalized spacial score (nSPS) is 14.1. The van der Waals surface area contributed by atoms with Gasteiger partial charge in [0.25, 0.3) is 5.91 Å². The number of aromatic nitrogens is 2. The number of aryl methyl sites for hydroxylation is 1. The van der Waals surface area contributed by atoms with Gasteiger partial charge in [-0.05, 0) is 37.5 Å². The van der Waals surface area contributed by atoms with E-state index in [0.717, 1.165) is 11.5 Å². The van der Waals surface area contributed by atoms with Gasteiger partial charge in [0.15, 0.2) is 0 Å². The maximum atomic E-state index is 11.9. The molecule has 2 rings (SSSR count). The van der Waals surface area contributed by atoms with E-state index in [-0.39, 0.29) is 12.5 Å². The summed E-state index contributed by atoms with van der Waals surface area (Å²) < 4.78 is 8.88. The number of aliphatic hydroxyl groups is 1. The highest BCUT2D eigenvalue weighted by atomic mass is 32.1. The van der Waals surface area contributed by atoms with Crippen LogP contribution in [0.2, 0.25) is 0 Å². The molecule has 0 fully saturated rings. The van der Waals surface area contributed by atoms with Crippen LogP contribution in [-0.2, 0) is 6.42 Å². The molecule has 7 heteroatoms. The van der Waals surface area contributed by atoms with Crippen molar-refractivity contribution in [2.75, 3.05) is 6.54 Å². The van der Waals surface area contributed by atoms with Crippen LogP contribution in [0.1, 0.15) is 28.0 Å². The molecule has 1 atom stereocenters. The van der Waals surface area contributed by atoms with Crippen molar-refractivity contribution in [1.82, 2.24) is 14.9 Å². The number of rotatable bonds is 5. The zero-order chi connectivity index (χ0) is 13.9. The molecule has 2 N–H and O–H groups in total. The molecule has 1 amide bonds. The summed E-state index contributed by atoms with van der Waals surface area (Å²) in [6.45, 7) is 3.50. The first-order chi connectivity index (χ1) is 8.98. The SMILES string of the molecule is Cc1nnsc1C(=O)NC[C@@](C)(O)Cc1ccco1. The topological polar surface area (TPSA) is 88.2 Å². The molecule has 0 spiro atoms. The summed E-state index contributed by atoms with van der Waals surface area (Å²) in [4.78, 5) is 12.3. The fourth-order valence-corrected chi connectivity index (χ4v) is 2.21. The van der Waals surface area contributed by atoms with Gasteiger partial charge in [-0.15, -0.1) is 5.10 Å². The Balaban J connectivity index is 1.91. The van der Waals surface area contributed by atoms with Crippen LogP contribution in [0, 0.1) is 6.92 Å². The molecule has 0 bridgehead atoms. The van der Waals surface area contributed by atoms with Crippen LogP contribution in [0.25, 0.3) is 0 Å². The van der Waals surface area contributed by atoms with Gasteiger partial charge in [-0.1, -0.05) is 4.49 Å². The average molecular weight is 281 g/mol. The second-order valence-corrected chi connectivity index (χ2v) is 5.38. The van der Waals surface area contributed by atoms with Gasteiger partial charge in [0.05, 0.1) is 17.6 Å². The van der Waals surface area contributed by atoms with E-state index in [1.807, 2.05) is 0 Å². The summed E-state index contributed by atoms with van der Waals surface area (Å²) in [5, 5.41) is 16.7. The van der Waals surface area contributed by atoms with Gasteiger partial charge >= 0.3 is 0 Å². The molecule has 0 aromatic carbocycles. The van der Waals surface area contributed by atoms with Crippen molar-refractivity contribution < 1.29 is 14.3 Å². The number of nitrogens with one attached hydrogen (secondary N) is 1. The summed E-state index contributed by atoms with van der Waals surface area (Å²) >= 11 is 1.04. The second-order valence-electron chi connectivity index (χ2n) is 4.62.